The van der Waals surface area contributed by atoms with E-state index in [0.29, 0.717) is 0 Å². The highest BCUT2D eigenvalue weighted by Crippen LogP contribution is 2.37. The summed E-state index contributed by atoms with van der Waals surface area (Å²) in [6.07, 6.45) is 3.60. The van der Waals surface area contributed by atoms with Crippen molar-refractivity contribution in [3.63, 3.8) is 0 Å². The highest BCUT2D eigenvalue weighted by Gasteiger charge is 2.50. The molecule has 1 fully saturated rings. The van der Waals surface area contributed by atoms with Gasteiger partial charge in [0.25, 0.3) is 0 Å². The lowest BCUT2D eigenvalue weighted by Gasteiger charge is -2.32. The van der Waals surface area contributed by atoms with Crippen LogP contribution in [-0.2, 0) is 9.31 Å². The van der Waals surface area contributed by atoms with E-state index in [2.05, 4.69) is 4.98 Å². The van der Waals surface area contributed by atoms with Crippen LogP contribution in [0.4, 0.5) is 5.69 Å². The Balaban J connectivity index is 2.15. The van der Waals surface area contributed by atoms with Gasteiger partial charge in [-0.3, -0.25) is 4.98 Å². The van der Waals surface area contributed by atoms with E-state index >= 15 is 0 Å². The maximum absolute atomic E-state index is 5.89. The molecule has 2 rings (SSSR count). The molecule has 0 bridgehead atoms. The molecular weight excluding hydrogens is 239 g/mol. The van der Waals surface area contributed by atoms with Gasteiger partial charge in [0.1, 0.15) is 0 Å². The number of hydrogen-bond donors (Lipinski definition) is 1. The van der Waals surface area contributed by atoms with Crippen molar-refractivity contribution in [1.82, 2.24) is 4.98 Å². The Morgan fingerprint density at radius 1 is 1.21 bits per heavy atom. The van der Waals surface area contributed by atoms with Gasteiger partial charge in [0.05, 0.1) is 16.9 Å². The summed E-state index contributed by atoms with van der Waals surface area (Å²) >= 11 is 0. The van der Waals surface area contributed by atoms with Crippen LogP contribution in [0.5, 0.6) is 0 Å². The van der Waals surface area contributed by atoms with E-state index in [1.165, 1.54) is 0 Å². The Labute approximate surface area is 115 Å². The molecule has 1 aromatic rings. The van der Waals surface area contributed by atoms with E-state index in [4.69, 9.17) is 15.0 Å². The summed E-state index contributed by atoms with van der Waals surface area (Å²) in [7, 11) is -0.354. The standard InChI is InChI=1S/C14H21BN2O2/c1-10-11(16)7-9-17-12(10)6-8-15-18-13(2,3)14(4,5)19-15/h6-9H,1-5H3,(H2,16,17)/b8-6+. The van der Waals surface area contributed by atoms with Gasteiger partial charge in [0.2, 0.25) is 0 Å². The summed E-state index contributed by atoms with van der Waals surface area (Å²) in [4.78, 5) is 4.29. The molecule has 102 valence electrons. The molecule has 1 saturated heterocycles. The fourth-order valence-corrected chi connectivity index (χ4v) is 1.87. The first-order chi connectivity index (χ1) is 8.73. The van der Waals surface area contributed by atoms with E-state index in [9.17, 15) is 0 Å². The third kappa shape index (κ3) is 2.67. The van der Waals surface area contributed by atoms with Crippen molar-refractivity contribution in [1.29, 1.82) is 0 Å². The van der Waals surface area contributed by atoms with Crippen molar-refractivity contribution < 1.29 is 9.31 Å². The first-order valence-electron chi connectivity index (χ1n) is 6.48. The van der Waals surface area contributed by atoms with Gasteiger partial charge in [-0.25, -0.2) is 0 Å². The molecule has 0 saturated carbocycles. The van der Waals surface area contributed by atoms with Gasteiger partial charge in [-0.05, 0) is 52.3 Å². The average Bonchev–Trinajstić information content (AvgIpc) is 2.50. The summed E-state index contributed by atoms with van der Waals surface area (Å²) in [6.45, 7) is 10.1. The van der Waals surface area contributed by atoms with Gasteiger partial charge in [0.15, 0.2) is 0 Å². The van der Waals surface area contributed by atoms with Crippen molar-refractivity contribution >= 4 is 18.9 Å². The number of pyridine rings is 1. The zero-order chi connectivity index (χ0) is 14.3. The minimum atomic E-state index is -0.354. The van der Waals surface area contributed by atoms with Gasteiger partial charge in [0, 0.05) is 11.9 Å². The SMILES string of the molecule is Cc1c(N)ccnc1/C=C/B1OC(C)(C)C(C)(C)O1. The number of nitrogens with zero attached hydrogens (tertiary/aromatic N) is 1. The average molecular weight is 260 g/mol. The van der Waals surface area contributed by atoms with Gasteiger partial charge in [-0.1, -0.05) is 5.98 Å². The van der Waals surface area contributed by atoms with Crippen LogP contribution in [0, 0.1) is 6.92 Å². The van der Waals surface area contributed by atoms with Gasteiger partial charge in [-0.2, -0.15) is 0 Å². The molecule has 0 radical (unpaired) electrons. The molecular formula is C14H21BN2O2. The van der Waals surface area contributed by atoms with Crippen LogP contribution < -0.4 is 5.73 Å². The first kappa shape index (κ1) is 14.1. The number of rotatable bonds is 2. The van der Waals surface area contributed by atoms with Crippen LogP contribution in [0.15, 0.2) is 18.2 Å². The number of aromatic nitrogens is 1. The molecule has 0 aliphatic carbocycles. The van der Waals surface area contributed by atoms with Crippen LogP contribution in [0.25, 0.3) is 6.08 Å². The second-order valence-corrected chi connectivity index (χ2v) is 5.89. The first-order valence-corrected chi connectivity index (χ1v) is 6.48. The van der Waals surface area contributed by atoms with Crippen molar-refractivity contribution in [2.75, 3.05) is 5.73 Å². The third-order valence-corrected chi connectivity index (χ3v) is 3.97. The van der Waals surface area contributed by atoms with Crippen LogP contribution in [-0.4, -0.2) is 23.3 Å². The Bertz CT molecular complexity index is 496. The number of anilines is 1. The molecule has 4 nitrogen and oxygen atoms in total. The Kier molecular flexibility index (Phi) is 3.45. The van der Waals surface area contributed by atoms with Gasteiger partial charge < -0.3 is 15.0 Å². The van der Waals surface area contributed by atoms with Crippen molar-refractivity contribution in [2.24, 2.45) is 0 Å². The van der Waals surface area contributed by atoms with Crippen molar-refractivity contribution in [3.8, 4) is 0 Å². The van der Waals surface area contributed by atoms with Crippen molar-refractivity contribution in [2.45, 2.75) is 45.8 Å². The Hall–Kier alpha value is -1.33. The molecule has 5 heteroatoms. The largest absolute Gasteiger partial charge is 0.487 e. The van der Waals surface area contributed by atoms with Crippen LogP contribution in [0.3, 0.4) is 0 Å². The molecule has 1 aliphatic rings. The summed E-state index contributed by atoms with van der Waals surface area (Å²) in [6, 6.07) is 1.79. The van der Waals surface area contributed by atoms with Gasteiger partial charge in [-0.15, -0.1) is 0 Å². The molecule has 2 N–H and O–H groups in total. The summed E-state index contributed by atoms with van der Waals surface area (Å²) in [5, 5.41) is 0. The molecule has 0 atom stereocenters. The van der Waals surface area contributed by atoms with E-state index < -0.39 is 0 Å². The number of hydrogen-bond acceptors (Lipinski definition) is 4. The lowest BCUT2D eigenvalue weighted by Crippen LogP contribution is -2.41. The van der Waals surface area contributed by atoms with Gasteiger partial charge >= 0.3 is 7.12 Å². The topological polar surface area (TPSA) is 57.4 Å². The zero-order valence-corrected chi connectivity index (χ0v) is 12.2. The second-order valence-electron chi connectivity index (χ2n) is 5.89. The molecule has 2 heterocycles. The Morgan fingerprint density at radius 3 is 2.37 bits per heavy atom. The molecule has 19 heavy (non-hydrogen) atoms. The third-order valence-electron chi connectivity index (χ3n) is 3.97. The predicted molar refractivity (Wildman–Crippen MR) is 78.5 cm³/mol. The highest BCUT2D eigenvalue weighted by molar-refractivity contribution is 6.52. The normalized spacial score (nSPS) is 21.2. The fraction of sp³-hybridized carbons (Fsp3) is 0.500. The highest BCUT2D eigenvalue weighted by atomic mass is 16.7. The van der Waals surface area contributed by atoms with E-state index in [1.54, 1.807) is 12.3 Å². The molecule has 1 aromatic heterocycles. The van der Waals surface area contributed by atoms with E-state index in [0.717, 1.165) is 16.9 Å². The smallest absolute Gasteiger partial charge is 0.400 e. The predicted octanol–water partition coefficient (Wildman–Crippen LogP) is 2.62. The van der Waals surface area contributed by atoms with Crippen LogP contribution in [0.1, 0.15) is 39.0 Å². The monoisotopic (exact) mass is 260 g/mol. The molecule has 0 spiro atoms. The fourth-order valence-electron chi connectivity index (χ4n) is 1.87. The van der Waals surface area contributed by atoms with E-state index in [-0.39, 0.29) is 18.3 Å². The maximum atomic E-state index is 5.89. The number of nitrogens with two attached hydrogens (primary N) is 1. The molecule has 0 amide bonds. The number of nitrogen functional groups attached to an aromatic ring is 1. The van der Waals surface area contributed by atoms with E-state index in [1.807, 2.05) is 46.7 Å². The quantitative estimate of drug-likeness (QED) is 0.830. The maximum Gasteiger partial charge on any atom is 0.487 e. The second kappa shape index (κ2) is 4.65. The molecule has 1 aliphatic heterocycles. The summed E-state index contributed by atoms with van der Waals surface area (Å²) in [5.41, 5.74) is 7.77. The lowest BCUT2D eigenvalue weighted by molar-refractivity contribution is 0.00578. The molecule has 0 aromatic carbocycles. The van der Waals surface area contributed by atoms with Crippen LogP contribution >= 0.6 is 0 Å². The summed E-state index contributed by atoms with van der Waals surface area (Å²) < 4.78 is 11.8. The lowest BCUT2D eigenvalue weighted by atomic mass is 9.89. The van der Waals surface area contributed by atoms with Crippen LogP contribution in [0.2, 0.25) is 0 Å². The summed E-state index contributed by atoms with van der Waals surface area (Å²) in [5.74, 6) is 1.88. The zero-order valence-electron chi connectivity index (χ0n) is 12.2. The Morgan fingerprint density at radius 2 is 1.79 bits per heavy atom. The minimum Gasteiger partial charge on any atom is -0.400 e. The minimum absolute atomic E-state index is 0.319. The van der Waals surface area contributed by atoms with Crippen molar-refractivity contribution in [3.05, 3.63) is 29.5 Å². The molecule has 0 unspecified atom stereocenters.